The molecule has 0 aromatic heterocycles. The Labute approximate surface area is 108 Å². The third-order valence-corrected chi connectivity index (χ3v) is 3.07. The average Bonchev–Trinajstić information content (AvgIpc) is 2.26. The standard InChI is InChI=1S/C13H23NO4/c1-13(2,3)18-8-11(15)14-10-7-5-4-6-9(10)12(16)17/h9-10H,4-8H2,1-3H3,(H,14,15)(H,16,17). The van der Waals surface area contributed by atoms with Crippen LogP contribution in [0.3, 0.4) is 0 Å². The van der Waals surface area contributed by atoms with Crippen molar-refractivity contribution in [1.29, 1.82) is 0 Å². The van der Waals surface area contributed by atoms with E-state index in [9.17, 15) is 9.59 Å². The number of carbonyl (C=O) groups is 2. The van der Waals surface area contributed by atoms with E-state index in [0.29, 0.717) is 6.42 Å². The van der Waals surface area contributed by atoms with Gasteiger partial charge in [-0.2, -0.15) is 0 Å². The lowest BCUT2D eigenvalue weighted by atomic mass is 9.84. The summed E-state index contributed by atoms with van der Waals surface area (Å²) in [5.41, 5.74) is -0.365. The summed E-state index contributed by atoms with van der Waals surface area (Å²) in [7, 11) is 0. The van der Waals surface area contributed by atoms with Crippen LogP contribution in [-0.2, 0) is 14.3 Å². The van der Waals surface area contributed by atoms with Gasteiger partial charge in [0.1, 0.15) is 6.61 Å². The van der Waals surface area contributed by atoms with Crippen LogP contribution in [0.1, 0.15) is 46.5 Å². The zero-order chi connectivity index (χ0) is 13.8. The molecule has 2 N–H and O–H groups in total. The molecule has 0 aromatic carbocycles. The molecule has 1 saturated carbocycles. The Morgan fingerprint density at radius 1 is 1.28 bits per heavy atom. The second kappa shape index (κ2) is 6.18. The summed E-state index contributed by atoms with van der Waals surface area (Å²) in [6, 6.07) is -0.257. The first-order valence-electron chi connectivity index (χ1n) is 6.46. The Morgan fingerprint density at radius 2 is 1.89 bits per heavy atom. The summed E-state index contributed by atoms with van der Waals surface area (Å²) in [4.78, 5) is 22.8. The van der Waals surface area contributed by atoms with Crippen LogP contribution in [0, 0.1) is 5.92 Å². The van der Waals surface area contributed by atoms with Crippen LogP contribution >= 0.6 is 0 Å². The van der Waals surface area contributed by atoms with E-state index in [1.54, 1.807) is 0 Å². The molecule has 2 unspecified atom stereocenters. The fraction of sp³-hybridized carbons (Fsp3) is 0.846. The van der Waals surface area contributed by atoms with E-state index in [4.69, 9.17) is 9.84 Å². The lowest BCUT2D eigenvalue weighted by molar-refractivity contribution is -0.144. The highest BCUT2D eigenvalue weighted by Gasteiger charge is 2.31. The molecule has 0 aliphatic heterocycles. The Hall–Kier alpha value is -1.10. The van der Waals surface area contributed by atoms with Gasteiger partial charge >= 0.3 is 5.97 Å². The number of rotatable bonds is 4. The van der Waals surface area contributed by atoms with Crippen molar-refractivity contribution in [1.82, 2.24) is 5.32 Å². The van der Waals surface area contributed by atoms with Crippen LogP contribution in [-0.4, -0.2) is 35.2 Å². The maximum atomic E-state index is 11.7. The molecule has 0 radical (unpaired) electrons. The number of aliphatic carboxylic acids is 1. The Kier molecular flexibility index (Phi) is 5.14. The smallest absolute Gasteiger partial charge is 0.308 e. The number of carbonyl (C=O) groups excluding carboxylic acids is 1. The molecule has 0 bridgehead atoms. The highest BCUT2D eigenvalue weighted by Crippen LogP contribution is 2.24. The molecule has 18 heavy (non-hydrogen) atoms. The topological polar surface area (TPSA) is 75.6 Å². The fourth-order valence-electron chi connectivity index (χ4n) is 2.13. The molecule has 1 aliphatic rings. The molecule has 1 aliphatic carbocycles. The largest absolute Gasteiger partial charge is 0.481 e. The molecular weight excluding hydrogens is 234 g/mol. The van der Waals surface area contributed by atoms with Gasteiger partial charge in [0.25, 0.3) is 0 Å². The summed E-state index contributed by atoms with van der Waals surface area (Å²) in [5.74, 6) is -1.52. The van der Waals surface area contributed by atoms with Crippen LogP contribution in [0.4, 0.5) is 0 Å². The number of amides is 1. The number of carboxylic acids is 1. The molecule has 0 heterocycles. The van der Waals surface area contributed by atoms with Crippen molar-refractivity contribution >= 4 is 11.9 Å². The minimum absolute atomic E-state index is 0.0215. The molecule has 2 atom stereocenters. The summed E-state index contributed by atoms with van der Waals surface area (Å²) in [6.45, 7) is 5.61. The second-order valence-electron chi connectivity index (χ2n) is 5.80. The third-order valence-electron chi connectivity index (χ3n) is 3.07. The van der Waals surface area contributed by atoms with Crippen LogP contribution in [0.15, 0.2) is 0 Å². The van der Waals surface area contributed by atoms with E-state index in [-0.39, 0.29) is 24.2 Å². The van der Waals surface area contributed by atoms with E-state index in [2.05, 4.69) is 5.32 Å². The summed E-state index contributed by atoms with van der Waals surface area (Å²) >= 11 is 0. The molecule has 0 aromatic rings. The van der Waals surface area contributed by atoms with Gasteiger partial charge < -0.3 is 15.2 Å². The highest BCUT2D eigenvalue weighted by molar-refractivity contribution is 5.79. The normalized spacial score (nSPS) is 24.6. The van der Waals surface area contributed by atoms with E-state index >= 15 is 0 Å². The Bertz CT molecular complexity index is 309. The number of carboxylic acid groups (broad SMARTS) is 1. The fourth-order valence-corrected chi connectivity index (χ4v) is 2.13. The van der Waals surface area contributed by atoms with Crippen molar-refractivity contribution in [2.24, 2.45) is 5.92 Å². The molecular formula is C13H23NO4. The van der Waals surface area contributed by atoms with Gasteiger partial charge in [0, 0.05) is 6.04 Å². The Balaban J connectivity index is 2.44. The number of nitrogens with one attached hydrogen (secondary N) is 1. The Morgan fingerprint density at radius 3 is 2.44 bits per heavy atom. The maximum Gasteiger partial charge on any atom is 0.308 e. The van der Waals surface area contributed by atoms with Gasteiger partial charge in [-0.05, 0) is 33.6 Å². The van der Waals surface area contributed by atoms with Crippen molar-refractivity contribution in [3.05, 3.63) is 0 Å². The first kappa shape index (κ1) is 15.0. The van der Waals surface area contributed by atoms with E-state index in [0.717, 1.165) is 19.3 Å². The summed E-state index contributed by atoms with van der Waals surface area (Å²) in [6.07, 6.45) is 3.26. The third kappa shape index (κ3) is 5.04. The summed E-state index contributed by atoms with van der Waals surface area (Å²) < 4.78 is 5.37. The van der Waals surface area contributed by atoms with Crippen molar-refractivity contribution in [2.45, 2.75) is 58.1 Å². The minimum atomic E-state index is -0.822. The zero-order valence-electron chi connectivity index (χ0n) is 11.4. The van der Waals surface area contributed by atoms with Crippen LogP contribution in [0.2, 0.25) is 0 Å². The van der Waals surface area contributed by atoms with Crippen molar-refractivity contribution in [3.63, 3.8) is 0 Å². The monoisotopic (exact) mass is 257 g/mol. The van der Waals surface area contributed by atoms with Gasteiger partial charge in [-0.3, -0.25) is 9.59 Å². The molecule has 5 heteroatoms. The average molecular weight is 257 g/mol. The highest BCUT2D eigenvalue weighted by atomic mass is 16.5. The molecule has 1 amide bonds. The van der Waals surface area contributed by atoms with Gasteiger partial charge in [0.05, 0.1) is 11.5 Å². The predicted molar refractivity (Wildman–Crippen MR) is 67.2 cm³/mol. The van der Waals surface area contributed by atoms with Crippen LogP contribution < -0.4 is 5.32 Å². The molecule has 104 valence electrons. The first-order chi connectivity index (χ1) is 8.29. The van der Waals surface area contributed by atoms with Gasteiger partial charge in [0.2, 0.25) is 5.91 Å². The van der Waals surface area contributed by atoms with Crippen LogP contribution in [0.25, 0.3) is 0 Å². The zero-order valence-corrected chi connectivity index (χ0v) is 11.4. The van der Waals surface area contributed by atoms with Gasteiger partial charge in [-0.25, -0.2) is 0 Å². The lowest BCUT2D eigenvalue weighted by Gasteiger charge is -2.29. The quantitative estimate of drug-likeness (QED) is 0.801. The summed E-state index contributed by atoms with van der Waals surface area (Å²) in [5, 5.41) is 11.9. The lowest BCUT2D eigenvalue weighted by Crippen LogP contribution is -2.46. The molecule has 0 spiro atoms. The molecule has 0 saturated heterocycles. The van der Waals surface area contributed by atoms with E-state index < -0.39 is 11.9 Å². The first-order valence-corrected chi connectivity index (χ1v) is 6.46. The van der Waals surface area contributed by atoms with Gasteiger partial charge in [-0.15, -0.1) is 0 Å². The number of ether oxygens (including phenoxy) is 1. The van der Waals surface area contributed by atoms with E-state index in [1.807, 2.05) is 20.8 Å². The SMILES string of the molecule is CC(C)(C)OCC(=O)NC1CCCCC1C(=O)O. The maximum absolute atomic E-state index is 11.7. The number of hydrogen-bond donors (Lipinski definition) is 2. The molecule has 1 fully saturated rings. The van der Waals surface area contributed by atoms with Crippen molar-refractivity contribution in [3.8, 4) is 0 Å². The van der Waals surface area contributed by atoms with Crippen molar-refractivity contribution < 1.29 is 19.4 Å². The van der Waals surface area contributed by atoms with Gasteiger partial charge in [-0.1, -0.05) is 12.8 Å². The van der Waals surface area contributed by atoms with Crippen molar-refractivity contribution in [2.75, 3.05) is 6.61 Å². The molecule has 5 nitrogen and oxygen atoms in total. The number of hydrogen-bond acceptors (Lipinski definition) is 3. The molecule has 1 rings (SSSR count). The van der Waals surface area contributed by atoms with Gasteiger partial charge in [0.15, 0.2) is 0 Å². The second-order valence-corrected chi connectivity index (χ2v) is 5.80. The predicted octanol–water partition coefficient (Wildman–Crippen LogP) is 1.56. The van der Waals surface area contributed by atoms with Crippen LogP contribution in [0.5, 0.6) is 0 Å². The minimum Gasteiger partial charge on any atom is -0.481 e. The van der Waals surface area contributed by atoms with E-state index in [1.165, 1.54) is 0 Å².